The fourth-order valence-corrected chi connectivity index (χ4v) is 1.69. The summed E-state index contributed by atoms with van der Waals surface area (Å²) < 4.78 is 0. The summed E-state index contributed by atoms with van der Waals surface area (Å²) in [5.41, 5.74) is 2.57. The molecule has 3 heteroatoms. The van der Waals surface area contributed by atoms with E-state index < -0.39 is 0 Å². The van der Waals surface area contributed by atoms with Crippen molar-refractivity contribution < 1.29 is 0 Å². The van der Waals surface area contributed by atoms with Crippen LogP contribution in [0, 0.1) is 6.92 Å². The van der Waals surface area contributed by atoms with Gasteiger partial charge in [0.05, 0.1) is 0 Å². The van der Waals surface area contributed by atoms with E-state index in [0.29, 0.717) is 0 Å². The maximum Gasteiger partial charge on any atom is 0.191 e. The van der Waals surface area contributed by atoms with Crippen LogP contribution in [0.2, 0.25) is 0 Å². The van der Waals surface area contributed by atoms with Gasteiger partial charge in [0.15, 0.2) is 5.96 Å². The van der Waals surface area contributed by atoms with Gasteiger partial charge in [0.2, 0.25) is 0 Å². The lowest BCUT2D eigenvalue weighted by Gasteiger charge is -2.11. The highest BCUT2D eigenvalue weighted by atomic mass is 15.2. The van der Waals surface area contributed by atoms with Gasteiger partial charge in [0.1, 0.15) is 0 Å². The number of nitrogens with one attached hydrogen (secondary N) is 2. The first-order valence-corrected chi connectivity index (χ1v) is 6.76. The molecule has 0 bridgehead atoms. The van der Waals surface area contributed by atoms with Crippen molar-refractivity contribution in [3.8, 4) is 0 Å². The molecule has 0 aliphatic heterocycles. The third kappa shape index (κ3) is 5.71. The van der Waals surface area contributed by atoms with Crippen molar-refractivity contribution in [3.63, 3.8) is 0 Å². The maximum absolute atomic E-state index is 4.21. The first-order chi connectivity index (χ1) is 8.76. The molecule has 2 N–H and O–H groups in total. The summed E-state index contributed by atoms with van der Waals surface area (Å²) in [4.78, 5) is 4.21. The minimum absolute atomic E-state index is 0.813. The molecule has 0 amide bonds. The number of unbranched alkanes of at least 4 members (excludes halogenated alkanes) is 2. The second kappa shape index (κ2) is 8.56. The van der Waals surface area contributed by atoms with Crippen molar-refractivity contribution in [2.45, 2.75) is 39.7 Å². The molecule has 1 aromatic carbocycles. The zero-order valence-corrected chi connectivity index (χ0v) is 11.8. The Bertz CT molecular complexity index is 355. The molecule has 0 saturated heterocycles. The van der Waals surface area contributed by atoms with E-state index in [1.54, 1.807) is 0 Å². The number of rotatable bonds is 6. The number of hydrogen-bond acceptors (Lipinski definition) is 1. The summed E-state index contributed by atoms with van der Waals surface area (Å²) >= 11 is 0. The SMILES string of the molecule is CCCCCNC(=NC)NCc1ccc(C)cc1. The van der Waals surface area contributed by atoms with Crippen molar-refractivity contribution in [3.05, 3.63) is 35.4 Å². The first kappa shape index (κ1) is 14.6. The smallest absolute Gasteiger partial charge is 0.191 e. The maximum atomic E-state index is 4.21. The van der Waals surface area contributed by atoms with Gasteiger partial charge in [0, 0.05) is 20.1 Å². The summed E-state index contributed by atoms with van der Waals surface area (Å²) in [6.07, 6.45) is 3.71. The van der Waals surface area contributed by atoms with Crippen molar-refractivity contribution in [1.29, 1.82) is 0 Å². The lowest BCUT2D eigenvalue weighted by Crippen LogP contribution is -2.37. The van der Waals surface area contributed by atoms with Crippen LogP contribution in [0.25, 0.3) is 0 Å². The van der Waals surface area contributed by atoms with Gasteiger partial charge in [-0.2, -0.15) is 0 Å². The molecule has 0 aliphatic rings. The molecule has 0 atom stereocenters. The van der Waals surface area contributed by atoms with Gasteiger partial charge in [-0.3, -0.25) is 4.99 Å². The van der Waals surface area contributed by atoms with Crippen LogP contribution in [-0.2, 0) is 6.54 Å². The Hall–Kier alpha value is -1.51. The molecule has 0 heterocycles. The topological polar surface area (TPSA) is 36.4 Å². The predicted octanol–water partition coefficient (Wildman–Crippen LogP) is 2.85. The second-order valence-corrected chi connectivity index (χ2v) is 4.55. The monoisotopic (exact) mass is 247 g/mol. The Balaban J connectivity index is 2.29. The molecule has 1 aromatic rings. The lowest BCUT2D eigenvalue weighted by molar-refractivity contribution is 0.683. The van der Waals surface area contributed by atoms with Crippen LogP contribution in [0.15, 0.2) is 29.3 Å². The van der Waals surface area contributed by atoms with Gasteiger partial charge in [-0.25, -0.2) is 0 Å². The van der Waals surface area contributed by atoms with Gasteiger partial charge < -0.3 is 10.6 Å². The average Bonchev–Trinajstić information content (AvgIpc) is 2.40. The molecule has 0 radical (unpaired) electrons. The van der Waals surface area contributed by atoms with Crippen LogP contribution in [-0.4, -0.2) is 19.6 Å². The van der Waals surface area contributed by atoms with E-state index in [-0.39, 0.29) is 0 Å². The molecule has 3 nitrogen and oxygen atoms in total. The van der Waals surface area contributed by atoms with E-state index in [1.165, 1.54) is 30.4 Å². The van der Waals surface area contributed by atoms with E-state index >= 15 is 0 Å². The first-order valence-electron chi connectivity index (χ1n) is 6.76. The molecule has 1 rings (SSSR count). The normalized spacial score (nSPS) is 11.4. The Labute approximate surface area is 111 Å². The van der Waals surface area contributed by atoms with E-state index in [1.807, 2.05) is 7.05 Å². The van der Waals surface area contributed by atoms with Crippen molar-refractivity contribution in [2.75, 3.05) is 13.6 Å². The summed E-state index contributed by atoms with van der Waals surface area (Å²) in [5, 5.41) is 6.65. The number of aryl methyl sites for hydroxylation is 1. The highest BCUT2D eigenvalue weighted by Gasteiger charge is 1.97. The molecule has 0 unspecified atom stereocenters. The number of benzene rings is 1. The minimum atomic E-state index is 0.813. The van der Waals surface area contributed by atoms with Crippen LogP contribution in [0.4, 0.5) is 0 Å². The zero-order valence-electron chi connectivity index (χ0n) is 11.8. The van der Waals surface area contributed by atoms with Gasteiger partial charge in [-0.1, -0.05) is 49.6 Å². The Morgan fingerprint density at radius 3 is 2.44 bits per heavy atom. The molecule has 0 aromatic heterocycles. The largest absolute Gasteiger partial charge is 0.356 e. The standard InChI is InChI=1S/C15H25N3/c1-4-5-6-11-17-15(16-3)18-12-14-9-7-13(2)8-10-14/h7-10H,4-6,11-12H2,1-3H3,(H2,16,17,18). The van der Waals surface area contributed by atoms with Gasteiger partial charge in [-0.15, -0.1) is 0 Å². The molecule has 18 heavy (non-hydrogen) atoms. The van der Waals surface area contributed by atoms with Crippen LogP contribution in [0.1, 0.15) is 37.3 Å². The van der Waals surface area contributed by atoms with Crippen molar-refractivity contribution in [1.82, 2.24) is 10.6 Å². The Morgan fingerprint density at radius 1 is 1.11 bits per heavy atom. The number of aliphatic imine (C=N–C) groups is 1. The van der Waals surface area contributed by atoms with E-state index in [0.717, 1.165) is 19.0 Å². The fourth-order valence-electron chi connectivity index (χ4n) is 1.69. The van der Waals surface area contributed by atoms with Gasteiger partial charge in [0.25, 0.3) is 0 Å². The van der Waals surface area contributed by atoms with Crippen LogP contribution >= 0.6 is 0 Å². The van der Waals surface area contributed by atoms with Crippen LogP contribution in [0.3, 0.4) is 0 Å². The highest BCUT2D eigenvalue weighted by Crippen LogP contribution is 2.02. The molecular weight excluding hydrogens is 222 g/mol. The molecule has 0 fully saturated rings. The Kier molecular flexibility index (Phi) is 6.92. The number of nitrogens with zero attached hydrogens (tertiary/aromatic N) is 1. The highest BCUT2D eigenvalue weighted by molar-refractivity contribution is 5.79. The quantitative estimate of drug-likeness (QED) is 0.461. The molecule has 0 saturated carbocycles. The third-order valence-electron chi connectivity index (χ3n) is 2.88. The van der Waals surface area contributed by atoms with Crippen molar-refractivity contribution in [2.24, 2.45) is 4.99 Å². The van der Waals surface area contributed by atoms with E-state index in [9.17, 15) is 0 Å². The molecule has 0 spiro atoms. The molecular formula is C15H25N3. The summed E-state index contributed by atoms with van der Waals surface area (Å²) in [7, 11) is 1.81. The second-order valence-electron chi connectivity index (χ2n) is 4.55. The van der Waals surface area contributed by atoms with Gasteiger partial charge in [-0.05, 0) is 18.9 Å². The zero-order chi connectivity index (χ0) is 13.2. The molecule has 100 valence electrons. The lowest BCUT2D eigenvalue weighted by atomic mass is 10.1. The third-order valence-corrected chi connectivity index (χ3v) is 2.88. The van der Waals surface area contributed by atoms with Crippen molar-refractivity contribution >= 4 is 5.96 Å². The minimum Gasteiger partial charge on any atom is -0.356 e. The summed E-state index contributed by atoms with van der Waals surface area (Å²) in [6.45, 7) is 6.12. The molecule has 0 aliphatic carbocycles. The van der Waals surface area contributed by atoms with Crippen LogP contribution in [0.5, 0.6) is 0 Å². The van der Waals surface area contributed by atoms with E-state index in [4.69, 9.17) is 0 Å². The average molecular weight is 247 g/mol. The fraction of sp³-hybridized carbons (Fsp3) is 0.533. The number of hydrogen-bond donors (Lipinski definition) is 2. The number of guanidine groups is 1. The predicted molar refractivity (Wildman–Crippen MR) is 78.9 cm³/mol. The van der Waals surface area contributed by atoms with E-state index in [2.05, 4.69) is 53.7 Å². The van der Waals surface area contributed by atoms with Gasteiger partial charge >= 0.3 is 0 Å². The summed E-state index contributed by atoms with van der Waals surface area (Å²) in [5.74, 6) is 0.881. The van der Waals surface area contributed by atoms with Crippen LogP contribution < -0.4 is 10.6 Å². The summed E-state index contributed by atoms with van der Waals surface area (Å²) in [6, 6.07) is 8.56. The Morgan fingerprint density at radius 2 is 1.83 bits per heavy atom.